The van der Waals surface area contributed by atoms with Crippen LogP contribution in [0.25, 0.3) is 0 Å². The van der Waals surface area contributed by atoms with Crippen molar-refractivity contribution in [1.82, 2.24) is 4.98 Å². The molecular weight excluding hydrogens is 218 g/mol. The number of piperidine rings is 1. The molecule has 0 bridgehead atoms. The van der Waals surface area contributed by atoms with E-state index in [9.17, 15) is 9.90 Å². The highest BCUT2D eigenvalue weighted by Crippen LogP contribution is 2.24. The lowest BCUT2D eigenvalue weighted by Crippen LogP contribution is -2.42. The minimum Gasteiger partial charge on any atom is -0.394 e. The van der Waals surface area contributed by atoms with Crippen molar-refractivity contribution in [2.75, 3.05) is 18.1 Å². The van der Waals surface area contributed by atoms with Gasteiger partial charge in [0.2, 0.25) is 0 Å². The van der Waals surface area contributed by atoms with E-state index in [1.54, 1.807) is 12.3 Å². The largest absolute Gasteiger partial charge is 0.394 e. The molecule has 1 aromatic rings. The van der Waals surface area contributed by atoms with Crippen molar-refractivity contribution in [1.29, 1.82) is 0 Å². The van der Waals surface area contributed by atoms with Crippen molar-refractivity contribution in [2.45, 2.75) is 25.3 Å². The maximum atomic E-state index is 11.1. The molecule has 17 heavy (non-hydrogen) atoms. The number of aromatic nitrogens is 1. The molecule has 2 rings (SSSR count). The second kappa shape index (κ2) is 5.14. The lowest BCUT2D eigenvalue weighted by molar-refractivity contribution is 0.0995. The molecule has 92 valence electrons. The number of carbonyl (C=O) groups excluding carboxylic acids is 1. The zero-order valence-electron chi connectivity index (χ0n) is 9.67. The summed E-state index contributed by atoms with van der Waals surface area (Å²) < 4.78 is 0. The van der Waals surface area contributed by atoms with Gasteiger partial charge in [0.05, 0.1) is 12.6 Å². The molecule has 1 aliphatic heterocycles. The van der Waals surface area contributed by atoms with Crippen LogP contribution < -0.4 is 10.6 Å². The Hall–Kier alpha value is -1.62. The summed E-state index contributed by atoms with van der Waals surface area (Å²) in [5.41, 5.74) is 6.39. The molecule has 1 saturated heterocycles. The van der Waals surface area contributed by atoms with Crippen molar-refractivity contribution in [2.24, 2.45) is 5.73 Å². The molecule has 1 unspecified atom stereocenters. The van der Waals surface area contributed by atoms with Crippen molar-refractivity contribution < 1.29 is 9.90 Å². The predicted octanol–water partition coefficient (Wildman–Crippen LogP) is 0.532. The molecule has 1 aliphatic rings. The summed E-state index contributed by atoms with van der Waals surface area (Å²) in [4.78, 5) is 17.1. The molecule has 0 aliphatic carbocycles. The number of hydrogen-bond donors (Lipinski definition) is 2. The van der Waals surface area contributed by atoms with Crippen LogP contribution >= 0.6 is 0 Å². The molecule has 0 saturated carbocycles. The highest BCUT2D eigenvalue weighted by Gasteiger charge is 2.22. The quantitative estimate of drug-likeness (QED) is 0.801. The summed E-state index contributed by atoms with van der Waals surface area (Å²) in [6, 6.07) is 3.67. The van der Waals surface area contributed by atoms with Gasteiger partial charge in [-0.2, -0.15) is 0 Å². The number of pyridine rings is 1. The van der Waals surface area contributed by atoms with E-state index in [4.69, 9.17) is 5.73 Å². The smallest absolute Gasteiger partial charge is 0.267 e. The van der Waals surface area contributed by atoms with E-state index in [0.717, 1.165) is 31.5 Å². The summed E-state index contributed by atoms with van der Waals surface area (Å²) in [6.07, 6.45) is 4.80. The van der Waals surface area contributed by atoms with Gasteiger partial charge < -0.3 is 15.7 Å². The number of rotatable bonds is 3. The van der Waals surface area contributed by atoms with Gasteiger partial charge in [0.15, 0.2) is 0 Å². The van der Waals surface area contributed by atoms with Gasteiger partial charge in [-0.3, -0.25) is 9.78 Å². The molecule has 1 fully saturated rings. The second-order valence-electron chi connectivity index (χ2n) is 4.29. The van der Waals surface area contributed by atoms with E-state index in [0.29, 0.717) is 0 Å². The number of primary amides is 1. The number of nitrogens with two attached hydrogens (primary N) is 1. The Balaban J connectivity index is 2.25. The fraction of sp³-hybridized carbons (Fsp3) is 0.500. The van der Waals surface area contributed by atoms with E-state index in [1.807, 2.05) is 6.07 Å². The fourth-order valence-corrected chi connectivity index (χ4v) is 2.26. The summed E-state index contributed by atoms with van der Waals surface area (Å²) in [5.74, 6) is -0.524. The van der Waals surface area contributed by atoms with Crippen LogP contribution in [-0.4, -0.2) is 35.2 Å². The highest BCUT2D eigenvalue weighted by atomic mass is 16.3. The number of nitrogens with zero attached hydrogens (tertiary/aromatic N) is 2. The molecule has 0 spiro atoms. The van der Waals surface area contributed by atoms with Gasteiger partial charge >= 0.3 is 0 Å². The summed E-state index contributed by atoms with van der Waals surface area (Å²) in [7, 11) is 0. The topological polar surface area (TPSA) is 79.5 Å². The summed E-state index contributed by atoms with van der Waals surface area (Å²) in [5, 5.41) is 9.35. The van der Waals surface area contributed by atoms with Crippen LogP contribution in [0.2, 0.25) is 0 Å². The van der Waals surface area contributed by atoms with Gasteiger partial charge in [-0.05, 0) is 31.4 Å². The number of hydrogen-bond acceptors (Lipinski definition) is 4. The average Bonchev–Trinajstić information content (AvgIpc) is 2.39. The molecule has 5 nitrogen and oxygen atoms in total. The second-order valence-corrected chi connectivity index (χ2v) is 4.29. The Morgan fingerprint density at radius 2 is 2.41 bits per heavy atom. The van der Waals surface area contributed by atoms with Gasteiger partial charge in [-0.25, -0.2) is 0 Å². The third kappa shape index (κ3) is 2.55. The number of amides is 1. The van der Waals surface area contributed by atoms with Crippen LogP contribution in [-0.2, 0) is 0 Å². The van der Waals surface area contributed by atoms with Crippen molar-refractivity contribution >= 4 is 11.6 Å². The van der Waals surface area contributed by atoms with Crippen molar-refractivity contribution in [3.05, 3.63) is 24.0 Å². The molecule has 5 heteroatoms. The average molecular weight is 235 g/mol. The zero-order valence-corrected chi connectivity index (χ0v) is 9.67. The van der Waals surface area contributed by atoms with Crippen LogP contribution in [0.3, 0.4) is 0 Å². The lowest BCUT2D eigenvalue weighted by atomic mass is 10.0. The monoisotopic (exact) mass is 235 g/mol. The third-order valence-corrected chi connectivity index (χ3v) is 3.17. The first-order chi connectivity index (χ1) is 8.22. The summed E-state index contributed by atoms with van der Waals surface area (Å²) in [6.45, 7) is 1.03. The maximum absolute atomic E-state index is 11.1. The van der Waals surface area contributed by atoms with Gasteiger partial charge in [0, 0.05) is 18.4 Å². The van der Waals surface area contributed by atoms with Crippen molar-refractivity contribution in [3.63, 3.8) is 0 Å². The molecule has 0 radical (unpaired) electrons. The summed E-state index contributed by atoms with van der Waals surface area (Å²) >= 11 is 0. The highest BCUT2D eigenvalue weighted by molar-refractivity contribution is 5.91. The van der Waals surface area contributed by atoms with E-state index in [-0.39, 0.29) is 18.3 Å². The van der Waals surface area contributed by atoms with Crippen LogP contribution in [0.15, 0.2) is 18.3 Å². The van der Waals surface area contributed by atoms with Gasteiger partial charge in [-0.15, -0.1) is 0 Å². The molecule has 2 heterocycles. The number of aliphatic hydroxyl groups excluding tert-OH is 1. The first kappa shape index (κ1) is 11.9. The maximum Gasteiger partial charge on any atom is 0.267 e. The van der Waals surface area contributed by atoms with E-state index in [1.165, 1.54) is 0 Å². The lowest BCUT2D eigenvalue weighted by Gasteiger charge is -2.36. The third-order valence-electron chi connectivity index (χ3n) is 3.17. The Morgan fingerprint density at radius 3 is 3.12 bits per heavy atom. The van der Waals surface area contributed by atoms with Crippen molar-refractivity contribution in [3.8, 4) is 0 Å². The van der Waals surface area contributed by atoms with Crippen LogP contribution in [0.1, 0.15) is 29.8 Å². The van der Waals surface area contributed by atoms with E-state index >= 15 is 0 Å². The number of carbonyl (C=O) groups is 1. The Labute approximate surface area is 100 Å². The van der Waals surface area contributed by atoms with Crippen LogP contribution in [0.4, 0.5) is 5.69 Å². The minimum absolute atomic E-state index is 0.131. The predicted molar refractivity (Wildman–Crippen MR) is 64.8 cm³/mol. The fourth-order valence-electron chi connectivity index (χ4n) is 2.26. The molecule has 0 aromatic carbocycles. The molecule has 1 amide bonds. The SMILES string of the molecule is NC(=O)c1cc(N2CCCCC2CO)ccn1. The first-order valence-corrected chi connectivity index (χ1v) is 5.85. The van der Waals surface area contributed by atoms with E-state index in [2.05, 4.69) is 9.88 Å². The minimum atomic E-state index is -0.524. The number of anilines is 1. The molecular formula is C12H17N3O2. The zero-order chi connectivity index (χ0) is 12.3. The number of aliphatic hydroxyl groups is 1. The van der Waals surface area contributed by atoms with E-state index < -0.39 is 5.91 Å². The standard InChI is InChI=1S/C12H17N3O2/c13-12(17)11-7-9(4-5-14-11)15-6-2-1-3-10(15)8-16/h4-5,7,10,16H,1-3,6,8H2,(H2,13,17). The van der Waals surface area contributed by atoms with Gasteiger partial charge in [0.25, 0.3) is 5.91 Å². The first-order valence-electron chi connectivity index (χ1n) is 5.85. The van der Waals surface area contributed by atoms with Crippen LogP contribution in [0, 0.1) is 0 Å². The van der Waals surface area contributed by atoms with Crippen LogP contribution in [0.5, 0.6) is 0 Å². The van der Waals surface area contributed by atoms with Gasteiger partial charge in [-0.1, -0.05) is 0 Å². The Bertz CT molecular complexity index is 408. The Morgan fingerprint density at radius 1 is 1.59 bits per heavy atom. The Kier molecular flexibility index (Phi) is 3.58. The molecule has 1 aromatic heterocycles. The molecule has 3 N–H and O–H groups in total. The normalized spacial score (nSPS) is 20.3. The van der Waals surface area contributed by atoms with Gasteiger partial charge in [0.1, 0.15) is 5.69 Å². The molecule has 1 atom stereocenters.